The zero-order valence-electron chi connectivity index (χ0n) is 14.7. The first-order chi connectivity index (χ1) is 13.3. The summed E-state index contributed by atoms with van der Waals surface area (Å²) in [6, 6.07) is 12.8. The third-order valence-corrected chi connectivity index (χ3v) is 8.18. The maximum atomic E-state index is 6.60. The van der Waals surface area contributed by atoms with E-state index < -0.39 is 0 Å². The summed E-state index contributed by atoms with van der Waals surface area (Å²) in [6.07, 6.45) is 4.46. The van der Waals surface area contributed by atoms with Gasteiger partial charge in [0.05, 0.1) is 26.9 Å². The molecule has 2 N–H and O–H groups in total. The molecule has 3 nitrogen and oxygen atoms in total. The molecular weight excluding hydrogens is 390 g/mol. The number of nitrogens with two attached hydrogens (primary N) is 1. The Morgan fingerprint density at radius 1 is 1.00 bits per heavy atom. The standard InChI is InChI=1S/C21H19N3S3/c22-21-16-10-15(27-14-5-7-25-8-6-14)2-3-18(16)23-11-17(21)13-1-4-20-19(9-13)24-12-26-20/h1-4,9-12,14H,5-8H2,(H2,22,23). The van der Waals surface area contributed by atoms with E-state index in [1.807, 2.05) is 23.5 Å². The molecule has 0 aliphatic carbocycles. The van der Waals surface area contributed by atoms with Crippen LogP contribution in [0.15, 0.2) is 53.0 Å². The molecule has 0 spiro atoms. The zero-order chi connectivity index (χ0) is 18.2. The van der Waals surface area contributed by atoms with Crippen molar-refractivity contribution in [1.29, 1.82) is 0 Å². The van der Waals surface area contributed by atoms with Crippen LogP contribution >= 0.6 is 34.9 Å². The van der Waals surface area contributed by atoms with Crippen LogP contribution in [0.1, 0.15) is 12.8 Å². The number of anilines is 1. The monoisotopic (exact) mass is 409 g/mol. The second-order valence-corrected chi connectivity index (χ2v) is 10.2. The highest BCUT2D eigenvalue weighted by molar-refractivity contribution is 8.01. The summed E-state index contributed by atoms with van der Waals surface area (Å²) in [7, 11) is 0. The first kappa shape index (κ1) is 17.3. The molecule has 27 heavy (non-hydrogen) atoms. The van der Waals surface area contributed by atoms with E-state index in [4.69, 9.17) is 5.73 Å². The van der Waals surface area contributed by atoms with Crippen molar-refractivity contribution in [2.24, 2.45) is 0 Å². The van der Waals surface area contributed by atoms with E-state index in [9.17, 15) is 0 Å². The van der Waals surface area contributed by atoms with Gasteiger partial charge in [0.15, 0.2) is 0 Å². The maximum Gasteiger partial charge on any atom is 0.0818 e. The molecule has 0 saturated carbocycles. The largest absolute Gasteiger partial charge is 0.398 e. The molecule has 2 aromatic heterocycles. The summed E-state index contributed by atoms with van der Waals surface area (Å²) in [5, 5.41) is 1.76. The molecule has 2 aromatic carbocycles. The zero-order valence-corrected chi connectivity index (χ0v) is 17.2. The predicted molar refractivity (Wildman–Crippen MR) is 121 cm³/mol. The Labute approximate surface area is 170 Å². The lowest BCUT2D eigenvalue weighted by molar-refractivity contribution is 0.785. The first-order valence-electron chi connectivity index (χ1n) is 9.04. The van der Waals surface area contributed by atoms with Gasteiger partial charge in [-0.15, -0.1) is 23.1 Å². The van der Waals surface area contributed by atoms with Gasteiger partial charge in [-0.1, -0.05) is 6.07 Å². The van der Waals surface area contributed by atoms with Crippen molar-refractivity contribution in [3.8, 4) is 11.1 Å². The van der Waals surface area contributed by atoms with Gasteiger partial charge in [0.2, 0.25) is 0 Å². The fourth-order valence-electron chi connectivity index (χ4n) is 3.51. The maximum absolute atomic E-state index is 6.60. The van der Waals surface area contributed by atoms with Gasteiger partial charge in [-0.05, 0) is 60.2 Å². The number of pyridine rings is 1. The van der Waals surface area contributed by atoms with E-state index in [0.717, 1.165) is 33.2 Å². The Morgan fingerprint density at radius 2 is 1.89 bits per heavy atom. The number of fused-ring (bicyclic) bond motifs is 2. The third kappa shape index (κ3) is 3.42. The lowest BCUT2D eigenvalue weighted by atomic mass is 10.0. The van der Waals surface area contributed by atoms with Crippen molar-refractivity contribution in [2.75, 3.05) is 17.2 Å². The summed E-state index contributed by atoms with van der Waals surface area (Å²) in [6.45, 7) is 0. The number of thioether (sulfide) groups is 2. The summed E-state index contributed by atoms with van der Waals surface area (Å²) in [4.78, 5) is 10.4. The molecule has 1 aliphatic rings. The van der Waals surface area contributed by atoms with E-state index >= 15 is 0 Å². The van der Waals surface area contributed by atoms with Crippen LogP contribution in [0.2, 0.25) is 0 Å². The minimum atomic E-state index is 0.716. The lowest BCUT2D eigenvalue weighted by Gasteiger charge is -2.21. The van der Waals surface area contributed by atoms with Gasteiger partial charge in [0.1, 0.15) is 0 Å². The number of hydrogen-bond acceptors (Lipinski definition) is 6. The van der Waals surface area contributed by atoms with Crippen molar-refractivity contribution in [3.05, 3.63) is 48.1 Å². The topological polar surface area (TPSA) is 51.8 Å². The highest BCUT2D eigenvalue weighted by atomic mass is 32.2. The molecule has 0 unspecified atom stereocenters. The van der Waals surface area contributed by atoms with E-state index in [1.165, 1.54) is 33.9 Å². The summed E-state index contributed by atoms with van der Waals surface area (Å²) in [5.74, 6) is 2.55. The van der Waals surface area contributed by atoms with Crippen molar-refractivity contribution in [3.63, 3.8) is 0 Å². The van der Waals surface area contributed by atoms with Gasteiger partial charge >= 0.3 is 0 Å². The quantitative estimate of drug-likeness (QED) is 0.444. The van der Waals surface area contributed by atoms with Crippen molar-refractivity contribution < 1.29 is 0 Å². The Kier molecular flexibility index (Phi) is 4.71. The smallest absolute Gasteiger partial charge is 0.0818 e. The van der Waals surface area contributed by atoms with E-state index in [1.54, 1.807) is 11.3 Å². The molecule has 0 bridgehead atoms. The predicted octanol–water partition coefficient (Wildman–Crippen LogP) is 6.08. The fraction of sp³-hybridized carbons (Fsp3) is 0.238. The average Bonchev–Trinajstić information content (AvgIpc) is 3.17. The SMILES string of the molecule is Nc1c(-c2ccc3scnc3c2)cnc2ccc(SC3CCSCC3)cc12. The first-order valence-corrected chi connectivity index (χ1v) is 12.0. The Bertz CT molecular complexity index is 1120. The van der Waals surface area contributed by atoms with Gasteiger partial charge in [-0.25, -0.2) is 4.98 Å². The molecule has 3 heterocycles. The Morgan fingerprint density at radius 3 is 2.78 bits per heavy atom. The van der Waals surface area contributed by atoms with E-state index in [-0.39, 0.29) is 0 Å². The molecule has 0 radical (unpaired) electrons. The minimum Gasteiger partial charge on any atom is -0.398 e. The highest BCUT2D eigenvalue weighted by Crippen LogP contribution is 2.37. The van der Waals surface area contributed by atoms with Gasteiger partial charge in [-0.2, -0.15) is 11.8 Å². The molecule has 5 rings (SSSR count). The number of aromatic nitrogens is 2. The van der Waals surface area contributed by atoms with Crippen LogP contribution in [0.3, 0.4) is 0 Å². The average molecular weight is 410 g/mol. The molecule has 0 atom stereocenters. The Hall–Kier alpha value is -1.76. The van der Waals surface area contributed by atoms with Gasteiger partial charge in [0.25, 0.3) is 0 Å². The number of thiazole rings is 1. The molecule has 0 amide bonds. The molecule has 6 heteroatoms. The van der Waals surface area contributed by atoms with Crippen LogP contribution in [0.25, 0.3) is 32.2 Å². The second-order valence-electron chi connectivity index (χ2n) is 6.73. The number of nitrogen functional groups attached to an aromatic ring is 1. The molecule has 4 aromatic rings. The van der Waals surface area contributed by atoms with Crippen molar-refractivity contribution >= 4 is 61.7 Å². The second kappa shape index (κ2) is 7.34. The van der Waals surface area contributed by atoms with Crippen LogP contribution in [-0.4, -0.2) is 26.7 Å². The van der Waals surface area contributed by atoms with Crippen molar-refractivity contribution in [2.45, 2.75) is 23.0 Å². The van der Waals surface area contributed by atoms with Crippen LogP contribution in [-0.2, 0) is 0 Å². The van der Waals surface area contributed by atoms with Crippen LogP contribution in [0, 0.1) is 0 Å². The Balaban J connectivity index is 1.54. The van der Waals surface area contributed by atoms with Crippen LogP contribution in [0.4, 0.5) is 5.69 Å². The molecule has 1 fully saturated rings. The normalized spacial score (nSPS) is 15.6. The number of benzene rings is 2. The summed E-state index contributed by atoms with van der Waals surface area (Å²) < 4.78 is 1.19. The third-order valence-electron chi connectivity index (χ3n) is 4.99. The van der Waals surface area contributed by atoms with Gasteiger partial charge in [0, 0.05) is 27.3 Å². The lowest BCUT2D eigenvalue weighted by Crippen LogP contribution is -2.11. The molecule has 136 valence electrons. The van der Waals surface area contributed by atoms with Crippen LogP contribution in [0.5, 0.6) is 0 Å². The minimum absolute atomic E-state index is 0.716. The number of nitrogens with zero attached hydrogens (tertiary/aromatic N) is 2. The summed E-state index contributed by atoms with van der Waals surface area (Å²) in [5.41, 5.74) is 13.3. The van der Waals surface area contributed by atoms with E-state index in [0.29, 0.717) is 5.25 Å². The summed E-state index contributed by atoms with van der Waals surface area (Å²) >= 11 is 5.71. The van der Waals surface area contributed by atoms with Gasteiger partial charge < -0.3 is 5.73 Å². The van der Waals surface area contributed by atoms with E-state index in [2.05, 4.69) is 58.1 Å². The molecule has 1 aliphatic heterocycles. The number of rotatable bonds is 3. The highest BCUT2D eigenvalue weighted by Gasteiger charge is 2.16. The molecular formula is C21H19N3S3. The molecule has 1 saturated heterocycles. The number of hydrogen-bond donors (Lipinski definition) is 1. The van der Waals surface area contributed by atoms with Crippen LogP contribution < -0.4 is 5.73 Å². The van der Waals surface area contributed by atoms with Crippen molar-refractivity contribution in [1.82, 2.24) is 9.97 Å². The fourth-order valence-corrected chi connectivity index (χ4v) is 6.76. The van der Waals surface area contributed by atoms with Gasteiger partial charge in [-0.3, -0.25) is 4.98 Å².